The number of fused-ring (bicyclic) bond motifs is 1. The van der Waals surface area contributed by atoms with Gasteiger partial charge < -0.3 is 14.8 Å². The molecule has 2 aromatic heterocycles. The SMILES string of the molecule is Cn1cnnc1CCNCC(=O)N1CCc2sccc2C1. The monoisotopic (exact) mass is 305 g/mol. The number of hydrogen-bond donors (Lipinski definition) is 1. The highest BCUT2D eigenvalue weighted by molar-refractivity contribution is 7.10. The lowest BCUT2D eigenvalue weighted by Crippen LogP contribution is -2.41. The van der Waals surface area contributed by atoms with E-state index in [0.29, 0.717) is 6.54 Å². The summed E-state index contributed by atoms with van der Waals surface area (Å²) in [6.07, 6.45) is 3.45. The van der Waals surface area contributed by atoms with E-state index in [9.17, 15) is 4.79 Å². The zero-order chi connectivity index (χ0) is 14.7. The number of rotatable bonds is 5. The van der Waals surface area contributed by atoms with Gasteiger partial charge in [0.05, 0.1) is 6.54 Å². The van der Waals surface area contributed by atoms with Gasteiger partial charge in [0.25, 0.3) is 0 Å². The van der Waals surface area contributed by atoms with E-state index >= 15 is 0 Å². The van der Waals surface area contributed by atoms with Crippen LogP contribution in [0.3, 0.4) is 0 Å². The second-order valence-corrected chi connectivity index (χ2v) is 6.22. The molecular weight excluding hydrogens is 286 g/mol. The van der Waals surface area contributed by atoms with Gasteiger partial charge in [-0.05, 0) is 23.4 Å². The third kappa shape index (κ3) is 3.30. The first-order valence-corrected chi connectivity index (χ1v) is 7.98. The van der Waals surface area contributed by atoms with Crippen LogP contribution in [0.1, 0.15) is 16.3 Å². The van der Waals surface area contributed by atoms with E-state index < -0.39 is 0 Å². The van der Waals surface area contributed by atoms with Gasteiger partial charge in [-0.1, -0.05) is 0 Å². The minimum atomic E-state index is 0.171. The Morgan fingerprint density at radius 1 is 1.52 bits per heavy atom. The molecule has 0 spiro atoms. The predicted molar refractivity (Wildman–Crippen MR) is 81.0 cm³/mol. The van der Waals surface area contributed by atoms with E-state index in [4.69, 9.17) is 0 Å². The molecule has 21 heavy (non-hydrogen) atoms. The van der Waals surface area contributed by atoms with Crippen molar-refractivity contribution in [2.75, 3.05) is 19.6 Å². The van der Waals surface area contributed by atoms with Crippen molar-refractivity contribution in [3.8, 4) is 0 Å². The summed E-state index contributed by atoms with van der Waals surface area (Å²) in [6, 6.07) is 2.13. The molecule has 0 aromatic carbocycles. The van der Waals surface area contributed by atoms with E-state index in [0.717, 1.165) is 38.3 Å². The second-order valence-electron chi connectivity index (χ2n) is 5.22. The molecule has 0 unspecified atom stereocenters. The molecule has 0 radical (unpaired) electrons. The Kier molecular flexibility index (Phi) is 4.31. The fraction of sp³-hybridized carbons (Fsp3) is 0.500. The molecule has 0 saturated heterocycles. The van der Waals surface area contributed by atoms with Crippen molar-refractivity contribution in [1.29, 1.82) is 0 Å². The van der Waals surface area contributed by atoms with Gasteiger partial charge in [0.2, 0.25) is 5.91 Å². The van der Waals surface area contributed by atoms with Crippen molar-refractivity contribution in [2.24, 2.45) is 7.05 Å². The van der Waals surface area contributed by atoms with Crippen LogP contribution in [0.4, 0.5) is 0 Å². The molecule has 2 aromatic rings. The van der Waals surface area contributed by atoms with Crippen LogP contribution in [0.5, 0.6) is 0 Å². The molecule has 1 N–H and O–H groups in total. The normalized spacial score (nSPS) is 14.2. The number of thiophene rings is 1. The Bertz CT molecular complexity index is 620. The molecule has 0 atom stereocenters. The summed E-state index contributed by atoms with van der Waals surface area (Å²) in [5, 5.41) is 13.2. The van der Waals surface area contributed by atoms with Crippen molar-refractivity contribution in [2.45, 2.75) is 19.4 Å². The molecule has 0 saturated carbocycles. The Hall–Kier alpha value is -1.73. The van der Waals surface area contributed by atoms with Crippen LogP contribution in [0.2, 0.25) is 0 Å². The minimum absolute atomic E-state index is 0.171. The lowest BCUT2D eigenvalue weighted by molar-refractivity contribution is -0.131. The molecule has 3 rings (SSSR count). The van der Waals surface area contributed by atoms with Crippen LogP contribution >= 0.6 is 11.3 Å². The molecule has 0 aliphatic carbocycles. The molecule has 1 amide bonds. The quantitative estimate of drug-likeness (QED) is 0.822. The van der Waals surface area contributed by atoms with Crippen LogP contribution in [-0.2, 0) is 31.2 Å². The van der Waals surface area contributed by atoms with Crippen LogP contribution in [0, 0.1) is 0 Å². The summed E-state index contributed by atoms with van der Waals surface area (Å²) < 4.78 is 1.90. The maximum Gasteiger partial charge on any atom is 0.236 e. The topological polar surface area (TPSA) is 63.1 Å². The van der Waals surface area contributed by atoms with Crippen molar-refractivity contribution in [3.63, 3.8) is 0 Å². The molecule has 7 heteroatoms. The van der Waals surface area contributed by atoms with Crippen molar-refractivity contribution < 1.29 is 4.79 Å². The van der Waals surface area contributed by atoms with Gasteiger partial charge in [0.1, 0.15) is 12.2 Å². The van der Waals surface area contributed by atoms with Gasteiger partial charge in [-0.3, -0.25) is 4.79 Å². The van der Waals surface area contributed by atoms with Crippen LogP contribution in [0.25, 0.3) is 0 Å². The molecule has 3 heterocycles. The molecule has 112 valence electrons. The Labute approximate surface area is 127 Å². The van der Waals surface area contributed by atoms with Gasteiger partial charge in [-0.15, -0.1) is 21.5 Å². The summed E-state index contributed by atoms with van der Waals surface area (Å²) in [6.45, 7) is 2.70. The molecule has 1 aliphatic rings. The minimum Gasteiger partial charge on any atom is -0.337 e. The molecule has 0 fully saturated rings. The first-order valence-electron chi connectivity index (χ1n) is 7.10. The van der Waals surface area contributed by atoms with Gasteiger partial charge in [-0.2, -0.15) is 0 Å². The molecule has 0 bridgehead atoms. The number of amides is 1. The zero-order valence-corrected chi connectivity index (χ0v) is 12.9. The molecule has 1 aliphatic heterocycles. The van der Waals surface area contributed by atoms with Gasteiger partial charge in [-0.25, -0.2) is 0 Å². The number of carbonyl (C=O) groups excluding carboxylic acids is 1. The average molecular weight is 305 g/mol. The number of aromatic nitrogens is 3. The fourth-order valence-corrected chi connectivity index (χ4v) is 3.39. The number of hydrogen-bond acceptors (Lipinski definition) is 5. The first-order chi connectivity index (χ1) is 10.2. The van der Waals surface area contributed by atoms with Gasteiger partial charge >= 0.3 is 0 Å². The third-order valence-electron chi connectivity index (χ3n) is 3.77. The number of nitrogens with one attached hydrogen (secondary N) is 1. The average Bonchev–Trinajstić information content (AvgIpc) is 3.11. The summed E-state index contributed by atoms with van der Waals surface area (Å²) in [4.78, 5) is 15.6. The predicted octanol–water partition coefficient (Wildman–Crippen LogP) is 0.594. The van der Waals surface area contributed by atoms with Crippen LogP contribution in [0.15, 0.2) is 17.8 Å². The van der Waals surface area contributed by atoms with Crippen LogP contribution < -0.4 is 5.32 Å². The van der Waals surface area contributed by atoms with E-state index in [-0.39, 0.29) is 5.91 Å². The highest BCUT2D eigenvalue weighted by Crippen LogP contribution is 2.23. The maximum absolute atomic E-state index is 12.2. The number of carbonyl (C=O) groups is 1. The Balaban J connectivity index is 1.42. The highest BCUT2D eigenvalue weighted by Gasteiger charge is 2.20. The van der Waals surface area contributed by atoms with Crippen molar-refractivity contribution >= 4 is 17.2 Å². The lowest BCUT2D eigenvalue weighted by atomic mass is 10.1. The number of aryl methyl sites for hydroxylation is 1. The third-order valence-corrected chi connectivity index (χ3v) is 4.79. The standard InChI is InChI=1S/C14H19N5OS/c1-18-10-16-17-13(18)2-5-15-8-14(20)19-6-3-12-11(9-19)4-7-21-12/h4,7,10,15H,2-3,5-6,8-9H2,1H3. The van der Waals surface area contributed by atoms with E-state index in [1.807, 2.05) is 16.5 Å². The fourth-order valence-electron chi connectivity index (χ4n) is 2.50. The first kappa shape index (κ1) is 14.2. The van der Waals surface area contributed by atoms with E-state index in [1.54, 1.807) is 17.7 Å². The zero-order valence-electron chi connectivity index (χ0n) is 12.1. The lowest BCUT2D eigenvalue weighted by Gasteiger charge is -2.27. The summed E-state index contributed by atoms with van der Waals surface area (Å²) >= 11 is 1.79. The summed E-state index contributed by atoms with van der Waals surface area (Å²) in [5.74, 6) is 1.10. The van der Waals surface area contributed by atoms with Crippen molar-refractivity contribution in [3.05, 3.63) is 34.0 Å². The number of nitrogens with zero attached hydrogens (tertiary/aromatic N) is 4. The van der Waals surface area contributed by atoms with Crippen LogP contribution in [-0.4, -0.2) is 45.2 Å². The van der Waals surface area contributed by atoms with E-state index in [1.165, 1.54) is 10.4 Å². The second kappa shape index (κ2) is 6.36. The highest BCUT2D eigenvalue weighted by atomic mass is 32.1. The maximum atomic E-state index is 12.2. The largest absolute Gasteiger partial charge is 0.337 e. The van der Waals surface area contributed by atoms with Gasteiger partial charge in [0, 0.05) is 38.0 Å². The summed E-state index contributed by atoms with van der Waals surface area (Å²) in [7, 11) is 1.92. The smallest absolute Gasteiger partial charge is 0.236 e. The van der Waals surface area contributed by atoms with Crippen molar-refractivity contribution in [1.82, 2.24) is 25.0 Å². The molecular formula is C14H19N5OS. The van der Waals surface area contributed by atoms with E-state index in [2.05, 4.69) is 27.0 Å². The molecule has 6 nitrogen and oxygen atoms in total. The van der Waals surface area contributed by atoms with Gasteiger partial charge in [0.15, 0.2) is 0 Å². The Morgan fingerprint density at radius 3 is 3.24 bits per heavy atom. The Morgan fingerprint density at radius 2 is 2.43 bits per heavy atom. The summed E-state index contributed by atoms with van der Waals surface area (Å²) in [5.41, 5.74) is 1.30.